The van der Waals surface area contributed by atoms with Gasteiger partial charge in [-0.05, 0) is 32.6 Å². The molecule has 16 heavy (non-hydrogen) atoms. The lowest BCUT2D eigenvalue weighted by atomic mass is 9.91. The van der Waals surface area contributed by atoms with Crippen molar-refractivity contribution in [2.24, 2.45) is 17.6 Å². The van der Waals surface area contributed by atoms with Crippen molar-refractivity contribution in [3.63, 3.8) is 0 Å². The van der Waals surface area contributed by atoms with Gasteiger partial charge in [0.05, 0.1) is 12.0 Å². The maximum atomic E-state index is 12.0. The van der Waals surface area contributed by atoms with Crippen molar-refractivity contribution in [1.29, 1.82) is 0 Å². The number of amides is 1. The van der Waals surface area contributed by atoms with Crippen molar-refractivity contribution in [3.05, 3.63) is 0 Å². The molecule has 1 heterocycles. The molecule has 3 N–H and O–H groups in total. The van der Waals surface area contributed by atoms with E-state index in [1.165, 1.54) is 0 Å². The standard InChI is InChI=1S/C12H24N2O2/c1-8(9(2)13)12(16)14-6-4-11(5-7-14)10(3)15/h8-11,15H,4-7,13H2,1-3H3. The monoisotopic (exact) mass is 228 g/mol. The van der Waals surface area contributed by atoms with Crippen LogP contribution in [-0.4, -0.2) is 41.1 Å². The number of hydrogen-bond acceptors (Lipinski definition) is 3. The van der Waals surface area contributed by atoms with E-state index in [4.69, 9.17) is 5.73 Å². The van der Waals surface area contributed by atoms with Gasteiger partial charge < -0.3 is 15.7 Å². The summed E-state index contributed by atoms with van der Waals surface area (Å²) in [6.07, 6.45) is 1.53. The minimum Gasteiger partial charge on any atom is -0.393 e. The lowest BCUT2D eigenvalue weighted by Gasteiger charge is -2.35. The van der Waals surface area contributed by atoms with Crippen LogP contribution in [0.2, 0.25) is 0 Å². The molecule has 0 saturated carbocycles. The van der Waals surface area contributed by atoms with Gasteiger partial charge in [0.25, 0.3) is 0 Å². The van der Waals surface area contributed by atoms with E-state index in [-0.39, 0.29) is 24.0 Å². The minimum atomic E-state index is -0.261. The predicted octanol–water partition coefficient (Wildman–Crippen LogP) is 0.589. The summed E-state index contributed by atoms with van der Waals surface area (Å²) >= 11 is 0. The zero-order chi connectivity index (χ0) is 12.3. The average Bonchev–Trinajstić information content (AvgIpc) is 2.27. The van der Waals surface area contributed by atoms with E-state index < -0.39 is 0 Å². The van der Waals surface area contributed by atoms with Gasteiger partial charge in [0.15, 0.2) is 0 Å². The Balaban J connectivity index is 2.45. The van der Waals surface area contributed by atoms with Crippen LogP contribution >= 0.6 is 0 Å². The molecule has 94 valence electrons. The molecule has 1 saturated heterocycles. The lowest BCUT2D eigenvalue weighted by molar-refractivity contribution is -0.137. The van der Waals surface area contributed by atoms with Crippen molar-refractivity contribution in [1.82, 2.24) is 4.90 Å². The third-order valence-electron chi connectivity index (χ3n) is 3.71. The summed E-state index contributed by atoms with van der Waals surface area (Å²) < 4.78 is 0. The Hall–Kier alpha value is -0.610. The first-order valence-corrected chi connectivity index (χ1v) is 6.16. The van der Waals surface area contributed by atoms with Crippen LogP contribution in [-0.2, 0) is 4.79 Å². The molecule has 1 rings (SSSR count). The summed E-state index contributed by atoms with van der Waals surface area (Å²) in [5.74, 6) is 0.386. The number of hydrogen-bond donors (Lipinski definition) is 2. The van der Waals surface area contributed by atoms with Crippen LogP contribution < -0.4 is 5.73 Å². The van der Waals surface area contributed by atoms with Gasteiger partial charge in [-0.2, -0.15) is 0 Å². The molecular weight excluding hydrogens is 204 g/mol. The van der Waals surface area contributed by atoms with Gasteiger partial charge in [0.2, 0.25) is 5.91 Å². The summed E-state index contributed by atoms with van der Waals surface area (Å²) in [6.45, 7) is 7.09. The van der Waals surface area contributed by atoms with Crippen molar-refractivity contribution in [2.75, 3.05) is 13.1 Å². The first-order valence-electron chi connectivity index (χ1n) is 6.16. The molecule has 3 atom stereocenters. The van der Waals surface area contributed by atoms with Crippen LogP contribution in [0, 0.1) is 11.8 Å². The topological polar surface area (TPSA) is 66.6 Å². The highest BCUT2D eigenvalue weighted by Gasteiger charge is 2.28. The SMILES string of the molecule is CC(N)C(C)C(=O)N1CCC(C(C)O)CC1. The van der Waals surface area contributed by atoms with Crippen LogP contribution in [0.3, 0.4) is 0 Å². The minimum absolute atomic E-state index is 0.0954. The van der Waals surface area contributed by atoms with Gasteiger partial charge in [0, 0.05) is 19.1 Å². The van der Waals surface area contributed by atoms with Gasteiger partial charge in [-0.3, -0.25) is 4.79 Å². The molecule has 1 aliphatic heterocycles. The summed E-state index contributed by atoms with van der Waals surface area (Å²) in [5, 5.41) is 9.48. The zero-order valence-corrected chi connectivity index (χ0v) is 10.5. The molecule has 1 fully saturated rings. The molecular formula is C12H24N2O2. The molecule has 0 radical (unpaired) electrons. The quantitative estimate of drug-likeness (QED) is 0.743. The van der Waals surface area contributed by atoms with Gasteiger partial charge in [0.1, 0.15) is 0 Å². The zero-order valence-electron chi connectivity index (χ0n) is 10.5. The summed E-state index contributed by atoms with van der Waals surface area (Å²) in [4.78, 5) is 13.9. The third-order valence-corrected chi connectivity index (χ3v) is 3.71. The van der Waals surface area contributed by atoms with E-state index in [0.29, 0.717) is 5.92 Å². The maximum Gasteiger partial charge on any atom is 0.226 e. The molecule has 1 amide bonds. The number of carbonyl (C=O) groups excluding carboxylic acids is 1. The number of rotatable bonds is 3. The highest BCUT2D eigenvalue weighted by atomic mass is 16.3. The van der Waals surface area contributed by atoms with Crippen molar-refractivity contribution in [3.8, 4) is 0 Å². The molecule has 0 aromatic heterocycles. The summed E-state index contributed by atoms with van der Waals surface area (Å²) in [5.41, 5.74) is 5.73. The Bertz CT molecular complexity index is 233. The molecule has 4 heteroatoms. The fraction of sp³-hybridized carbons (Fsp3) is 0.917. The van der Waals surface area contributed by atoms with E-state index in [1.807, 2.05) is 25.7 Å². The highest BCUT2D eigenvalue weighted by molar-refractivity contribution is 5.79. The average molecular weight is 228 g/mol. The Labute approximate surface area is 97.8 Å². The van der Waals surface area contributed by atoms with Crippen LogP contribution in [0.4, 0.5) is 0 Å². The second-order valence-electron chi connectivity index (χ2n) is 5.05. The Kier molecular flexibility index (Phi) is 4.74. The van der Waals surface area contributed by atoms with Gasteiger partial charge >= 0.3 is 0 Å². The first kappa shape index (κ1) is 13.5. The fourth-order valence-electron chi connectivity index (χ4n) is 2.12. The van der Waals surface area contributed by atoms with Crippen LogP contribution in [0.5, 0.6) is 0 Å². The van der Waals surface area contributed by atoms with Gasteiger partial charge in [-0.25, -0.2) is 0 Å². The number of nitrogens with two attached hydrogens (primary N) is 1. The largest absolute Gasteiger partial charge is 0.393 e. The van der Waals surface area contributed by atoms with Crippen molar-refractivity contribution >= 4 is 5.91 Å². The molecule has 0 aromatic rings. The fourth-order valence-corrected chi connectivity index (χ4v) is 2.12. The number of piperidine rings is 1. The molecule has 4 nitrogen and oxygen atoms in total. The van der Waals surface area contributed by atoms with Crippen LogP contribution in [0.25, 0.3) is 0 Å². The molecule has 0 bridgehead atoms. The number of carbonyl (C=O) groups is 1. The number of nitrogens with zero attached hydrogens (tertiary/aromatic N) is 1. The summed E-state index contributed by atoms with van der Waals surface area (Å²) in [6, 6.07) is -0.0954. The highest BCUT2D eigenvalue weighted by Crippen LogP contribution is 2.22. The van der Waals surface area contributed by atoms with E-state index >= 15 is 0 Å². The Morgan fingerprint density at radius 3 is 2.19 bits per heavy atom. The molecule has 3 unspecified atom stereocenters. The number of aliphatic hydroxyl groups is 1. The van der Waals surface area contributed by atoms with Gasteiger partial charge in [-0.15, -0.1) is 0 Å². The smallest absolute Gasteiger partial charge is 0.226 e. The predicted molar refractivity (Wildman–Crippen MR) is 63.8 cm³/mol. The molecule has 0 spiro atoms. The van der Waals surface area contributed by atoms with Crippen molar-refractivity contribution in [2.45, 2.75) is 45.8 Å². The van der Waals surface area contributed by atoms with Crippen LogP contribution in [0.15, 0.2) is 0 Å². The van der Waals surface area contributed by atoms with Gasteiger partial charge in [-0.1, -0.05) is 6.92 Å². The summed E-state index contributed by atoms with van der Waals surface area (Å²) in [7, 11) is 0. The normalized spacial score (nSPS) is 23.9. The van der Waals surface area contributed by atoms with Crippen LogP contribution in [0.1, 0.15) is 33.6 Å². The van der Waals surface area contributed by atoms with E-state index in [0.717, 1.165) is 25.9 Å². The van der Waals surface area contributed by atoms with Crippen molar-refractivity contribution < 1.29 is 9.90 Å². The number of aliphatic hydroxyl groups excluding tert-OH is 1. The molecule has 1 aliphatic rings. The second kappa shape index (κ2) is 5.64. The number of likely N-dealkylation sites (tertiary alicyclic amines) is 1. The lowest BCUT2D eigenvalue weighted by Crippen LogP contribution is -2.46. The van der Waals surface area contributed by atoms with E-state index in [1.54, 1.807) is 0 Å². The second-order valence-corrected chi connectivity index (χ2v) is 5.05. The molecule has 0 aromatic carbocycles. The third kappa shape index (κ3) is 3.19. The van der Waals surface area contributed by atoms with E-state index in [2.05, 4.69) is 0 Å². The first-order chi connectivity index (χ1) is 7.43. The van der Waals surface area contributed by atoms with E-state index in [9.17, 15) is 9.90 Å². The maximum absolute atomic E-state index is 12.0. The molecule has 0 aliphatic carbocycles. The Morgan fingerprint density at radius 1 is 1.31 bits per heavy atom. The Morgan fingerprint density at radius 2 is 1.81 bits per heavy atom.